The quantitative estimate of drug-likeness (QED) is 0.650. The van der Waals surface area contributed by atoms with Crippen LogP contribution in [0.3, 0.4) is 0 Å². The number of nitrogens with one attached hydrogen (secondary N) is 1. The predicted octanol–water partition coefficient (Wildman–Crippen LogP) is 1.97. The van der Waals surface area contributed by atoms with Crippen LogP contribution in [0.1, 0.15) is 19.8 Å². The molecule has 0 saturated carbocycles. The fourth-order valence-electron chi connectivity index (χ4n) is 2.12. The molecule has 1 heterocycles. The minimum absolute atomic E-state index is 0.187. The number of hydrogen-bond acceptors (Lipinski definition) is 6. The van der Waals surface area contributed by atoms with E-state index in [0.29, 0.717) is 17.4 Å². The van der Waals surface area contributed by atoms with Gasteiger partial charge >= 0.3 is 0 Å². The Labute approximate surface area is 158 Å². The first-order valence-electron chi connectivity index (χ1n) is 8.17. The minimum Gasteiger partial charge on any atom is -0.325 e. The van der Waals surface area contributed by atoms with Crippen LogP contribution in [0.5, 0.6) is 0 Å². The van der Waals surface area contributed by atoms with Gasteiger partial charge in [-0.1, -0.05) is 25.1 Å². The van der Waals surface area contributed by atoms with Gasteiger partial charge in [0, 0.05) is 26.3 Å². The van der Waals surface area contributed by atoms with Gasteiger partial charge < -0.3 is 9.88 Å². The molecule has 2 rings (SSSR count). The maximum absolute atomic E-state index is 12.5. The molecule has 1 N–H and O–H groups in total. The van der Waals surface area contributed by atoms with E-state index < -0.39 is 10.0 Å². The van der Waals surface area contributed by atoms with Gasteiger partial charge in [0.05, 0.1) is 10.6 Å². The highest BCUT2D eigenvalue weighted by molar-refractivity contribution is 7.99. The van der Waals surface area contributed by atoms with Gasteiger partial charge in [-0.3, -0.25) is 4.79 Å². The third-order valence-corrected chi connectivity index (χ3v) is 6.58. The lowest BCUT2D eigenvalue weighted by Crippen LogP contribution is -2.27. The highest BCUT2D eigenvalue weighted by Gasteiger charge is 2.20. The number of carbonyl (C=O) groups excluding carboxylic acids is 1. The summed E-state index contributed by atoms with van der Waals surface area (Å²) in [6.45, 7) is 2.50. The molecule has 1 aromatic heterocycles. The molecule has 0 aliphatic rings. The zero-order valence-corrected chi connectivity index (χ0v) is 16.7. The van der Waals surface area contributed by atoms with Crippen LogP contribution in [0, 0.1) is 0 Å². The summed E-state index contributed by atoms with van der Waals surface area (Å²) in [6, 6.07) is 6.18. The number of carbonyl (C=O) groups is 1. The lowest BCUT2D eigenvalue weighted by molar-refractivity contribution is -0.113. The molecule has 0 aliphatic carbocycles. The summed E-state index contributed by atoms with van der Waals surface area (Å²) < 4.78 is 28.0. The highest BCUT2D eigenvalue weighted by Crippen LogP contribution is 2.19. The fourth-order valence-corrected chi connectivity index (χ4v) is 4.02. The van der Waals surface area contributed by atoms with Gasteiger partial charge in [-0.05, 0) is 30.7 Å². The molecular formula is C16H23N5O3S2. The Morgan fingerprint density at radius 2 is 2.00 bits per heavy atom. The maximum Gasteiger partial charge on any atom is 0.242 e. The van der Waals surface area contributed by atoms with Gasteiger partial charge in [0.25, 0.3) is 0 Å². The number of rotatable bonds is 9. The normalized spacial score (nSPS) is 11.7. The molecule has 1 amide bonds. The Morgan fingerprint density at radius 3 is 2.58 bits per heavy atom. The molecule has 0 unspecified atom stereocenters. The molecule has 26 heavy (non-hydrogen) atoms. The number of anilines is 1. The van der Waals surface area contributed by atoms with E-state index in [1.165, 1.54) is 28.2 Å². The Morgan fingerprint density at radius 1 is 1.31 bits per heavy atom. The van der Waals surface area contributed by atoms with E-state index >= 15 is 0 Å². The first-order chi connectivity index (χ1) is 12.3. The Hall–Kier alpha value is -1.91. The summed E-state index contributed by atoms with van der Waals surface area (Å²) in [5.41, 5.74) is 0.545. The van der Waals surface area contributed by atoms with Crippen molar-refractivity contribution in [3.63, 3.8) is 0 Å². The maximum atomic E-state index is 12.5. The SMILES string of the molecule is CCCCN(C)S(=O)(=O)c1ccc(NC(=O)CSc2nncn2C)cc1. The molecule has 0 aliphatic heterocycles. The van der Waals surface area contributed by atoms with Crippen LogP contribution in [0.4, 0.5) is 5.69 Å². The lowest BCUT2D eigenvalue weighted by atomic mass is 10.3. The van der Waals surface area contributed by atoms with Crippen LogP contribution < -0.4 is 5.32 Å². The van der Waals surface area contributed by atoms with Crippen LogP contribution >= 0.6 is 11.8 Å². The van der Waals surface area contributed by atoms with Crippen molar-refractivity contribution in [1.82, 2.24) is 19.1 Å². The Bertz CT molecular complexity index is 834. The van der Waals surface area contributed by atoms with E-state index in [0.717, 1.165) is 12.8 Å². The number of benzene rings is 1. The van der Waals surface area contributed by atoms with E-state index in [9.17, 15) is 13.2 Å². The van der Waals surface area contributed by atoms with Crippen molar-refractivity contribution >= 4 is 33.4 Å². The van der Waals surface area contributed by atoms with Crippen LogP contribution in [0.2, 0.25) is 0 Å². The molecule has 142 valence electrons. The monoisotopic (exact) mass is 397 g/mol. The highest BCUT2D eigenvalue weighted by atomic mass is 32.2. The first kappa shape index (κ1) is 20.4. The zero-order chi connectivity index (χ0) is 19.2. The molecule has 2 aromatic rings. The van der Waals surface area contributed by atoms with Crippen molar-refractivity contribution in [3.8, 4) is 0 Å². The second-order valence-corrected chi connectivity index (χ2v) is 8.75. The molecule has 1 aromatic carbocycles. The third-order valence-electron chi connectivity index (χ3n) is 3.68. The Kier molecular flexibility index (Phi) is 7.18. The number of hydrogen-bond donors (Lipinski definition) is 1. The second-order valence-electron chi connectivity index (χ2n) is 5.77. The molecule has 0 radical (unpaired) electrons. The van der Waals surface area contributed by atoms with Crippen molar-refractivity contribution in [1.29, 1.82) is 0 Å². The number of sulfonamides is 1. The number of thioether (sulfide) groups is 1. The zero-order valence-electron chi connectivity index (χ0n) is 15.0. The summed E-state index contributed by atoms with van der Waals surface area (Å²) in [5.74, 6) is -0.0135. The fraction of sp³-hybridized carbons (Fsp3) is 0.438. The molecular weight excluding hydrogens is 374 g/mol. The van der Waals surface area contributed by atoms with E-state index in [4.69, 9.17) is 0 Å². The van der Waals surface area contributed by atoms with E-state index in [1.807, 2.05) is 6.92 Å². The predicted molar refractivity (Wildman–Crippen MR) is 102 cm³/mol. The largest absolute Gasteiger partial charge is 0.325 e. The lowest BCUT2D eigenvalue weighted by Gasteiger charge is -2.17. The molecule has 0 atom stereocenters. The van der Waals surface area contributed by atoms with Crippen molar-refractivity contribution in [2.75, 3.05) is 24.7 Å². The van der Waals surface area contributed by atoms with E-state index in [1.54, 1.807) is 37.1 Å². The average molecular weight is 398 g/mol. The van der Waals surface area contributed by atoms with Crippen molar-refractivity contribution in [2.45, 2.75) is 29.8 Å². The summed E-state index contributed by atoms with van der Waals surface area (Å²) >= 11 is 1.27. The van der Waals surface area contributed by atoms with E-state index in [2.05, 4.69) is 15.5 Å². The van der Waals surface area contributed by atoms with Gasteiger partial charge in [-0.25, -0.2) is 12.7 Å². The van der Waals surface area contributed by atoms with Crippen molar-refractivity contribution < 1.29 is 13.2 Å². The Balaban J connectivity index is 1.94. The van der Waals surface area contributed by atoms with Crippen molar-refractivity contribution in [3.05, 3.63) is 30.6 Å². The number of amides is 1. The average Bonchev–Trinajstić information content (AvgIpc) is 3.03. The van der Waals surface area contributed by atoms with Gasteiger partial charge in [-0.2, -0.15) is 0 Å². The van der Waals surface area contributed by atoms with Crippen molar-refractivity contribution in [2.24, 2.45) is 7.05 Å². The minimum atomic E-state index is -3.50. The van der Waals surface area contributed by atoms with Gasteiger partial charge in [0.1, 0.15) is 6.33 Å². The van der Waals surface area contributed by atoms with E-state index in [-0.39, 0.29) is 16.6 Å². The summed E-state index contributed by atoms with van der Waals surface area (Å²) in [5, 5.41) is 11.0. The second kappa shape index (κ2) is 9.15. The first-order valence-corrected chi connectivity index (χ1v) is 10.6. The summed E-state index contributed by atoms with van der Waals surface area (Å²) in [7, 11) is -0.126. The molecule has 8 nitrogen and oxygen atoms in total. The molecule has 10 heteroatoms. The number of aromatic nitrogens is 3. The third kappa shape index (κ3) is 5.29. The summed E-state index contributed by atoms with van der Waals surface area (Å²) in [6.07, 6.45) is 3.31. The standard InChI is InChI=1S/C16H23N5O3S2/c1-4-5-10-21(3)26(23,24)14-8-6-13(7-9-14)18-15(22)11-25-16-19-17-12-20(16)2/h6-9,12H,4-5,10-11H2,1-3H3,(H,18,22). The topological polar surface area (TPSA) is 97.2 Å². The van der Waals surface area contributed by atoms with Crippen LogP contribution in [-0.2, 0) is 21.9 Å². The molecule has 0 saturated heterocycles. The number of aryl methyl sites for hydroxylation is 1. The number of nitrogens with zero attached hydrogens (tertiary/aromatic N) is 4. The van der Waals surface area contributed by atoms with Crippen LogP contribution in [-0.4, -0.2) is 52.7 Å². The van der Waals surface area contributed by atoms with Gasteiger partial charge in [0.2, 0.25) is 15.9 Å². The van der Waals surface area contributed by atoms with Crippen LogP contribution in [0.25, 0.3) is 0 Å². The molecule has 0 fully saturated rings. The van der Waals surface area contributed by atoms with Gasteiger partial charge in [0.15, 0.2) is 5.16 Å². The molecule has 0 spiro atoms. The summed E-state index contributed by atoms with van der Waals surface area (Å²) in [4.78, 5) is 12.2. The number of unbranched alkanes of at least 4 members (excludes halogenated alkanes) is 1. The molecule has 0 bridgehead atoms. The smallest absolute Gasteiger partial charge is 0.242 e. The van der Waals surface area contributed by atoms with Crippen LogP contribution in [0.15, 0.2) is 40.6 Å². The van der Waals surface area contributed by atoms with Gasteiger partial charge in [-0.15, -0.1) is 10.2 Å².